The number of rotatable bonds is 7. The maximum Gasteiger partial charge on any atom is 0.341 e. The second kappa shape index (κ2) is 9.54. The van der Waals surface area contributed by atoms with Crippen LogP contribution in [0.15, 0.2) is 48.7 Å². The number of esters is 1. The summed E-state index contributed by atoms with van der Waals surface area (Å²) in [5.41, 5.74) is 1.97. The maximum absolute atomic E-state index is 12.7. The molecule has 8 heteroatoms. The Hall–Kier alpha value is -2.90. The van der Waals surface area contributed by atoms with Crippen LogP contribution in [0.1, 0.15) is 22.2 Å². The van der Waals surface area contributed by atoms with Crippen LogP contribution in [-0.4, -0.2) is 30.1 Å². The van der Waals surface area contributed by atoms with Gasteiger partial charge in [-0.2, -0.15) is 0 Å². The van der Waals surface area contributed by atoms with Crippen molar-refractivity contribution in [1.82, 2.24) is 4.98 Å². The van der Waals surface area contributed by atoms with E-state index in [0.717, 1.165) is 16.0 Å². The van der Waals surface area contributed by atoms with E-state index in [0.29, 0.717) is 16.3 Å². The lowest BCUT2D eigenvalue weighted by Crippen LogP contribution is -2.21. The lowest BCUT2D eigenvalue weighted by molar-refractivity contribution is -0.118. The molecule has 1 N–H and O–H groups in total. The molecule has 0 saturated heterocycles. The van der Waals surface area contributed by atoms with Gasteiger partial charge in [-0.15, -0.1) is 11.3 Å². The Labute approximate surface area is 177 Å². The van der Waals surface area contributed by atoms with E-state index in [2.05, 4.69) is 10.3 Å². The number of carbonyl (C=O) groups excluding carboxylic acids is 2. The number of hydrogen-bond donors (Lipinski definition) is 1. The molecule has 1 amide bonds. The third kappa shape index (κ3) is 4.93. The number of anilines is 1. The number of halogens is 1. The third-order valence-electron chi connectivity index (χ3n) is 3.96. The highest BCUT2D eigenvalue weighted by Gasteiger charge is 2.25. The number of thiophene rings is 1. The minimum atomic E-state index is -0.484. The lowest BCUT2D eigenvalue weighted by atomic mass is 10.0. The first-order valence-corrected chi connectivity index (χ1v) is 10.1. The van der Waals surface area contributed by atoms with Gasteiger partial charge in [0.2, 0.25) is 0 Å². The molecule has 0 saturated carbocycles. The van der Waals surface area contributed by atoms with Crippen molar-refractivity contribution in [3.63, 3.8) is 0 Å². The molecule has 0 aliphatic heterocycles. The normalized spacial score (nSPS) is 10.4. The molecule has 3 rings (SSSR count). The van der Waals surface area contributed by atoms with Crippen LogP contribution in [0.3, 0.4) is 0 Å². The van der Waals surface area contributed by atoms with E-state index < -0.39 is 11.9 Å². The van der Waals surface area contributed by atoms with Crippen molar-refractivity contribution < 1.29 is 19.1 Å². The van der Waals surface area contributed by atoms with Gasteiger partial charge in [0, 0.05) is 16.6 Å². The average molecular weight is 431 g/mol. The van der Waals surface area contributed by atoms with Crippen molar-refractivity contribution in [3.05, 3.63) is 64.3 Å². The molecule has 0 spiro atoms. The van der Waals surface area contributed by atoms with Crippen LogP contribution in [0, 0.1) is 6.92 Å². The highest BCUT2D eigenvalue weighted by Crippen LogP contribution is 2.40. The number of aromatic nitrogens is 1. The molecule has 0 radical (unpaired) electrons. The van der Waals surface area contributed by atoms with Gasteiger partial charge in [0.15, 0.2) is 17.5 Å². The van der Waals surface area contributed by atoms with E-state index in [9.17, 15) is 9.59 Å². The van der Waals surface area contributed by atoms with Crippen LogP contribution in [0.4, 0.5) is 5.00 Å². The Morgan fingerprint density at radius 2 is 1.93 bits per heavy atom. The van der Waals surface area contributed by atoms with Gasteiger partial charge in [0.25, 0.3) is 5.91 Å². The van der Waals surface area contributed by atoms with Crippen molar-refractivity contribution in [2.45, 2.75) is 13.8 Å². The summed E-state index contributed by atoms with van der Waals surface area (Å²) < 4.78 is 10.7. The highest BCUT2D eigenvalue weighted by atomic mass is 35.5. The van der Waals surface area contributed by atoms with Gasteiger partial charge >= 0.3 is 5.97 Å². The number of nitrogens with zero attached hydrogens (tertiary/aromatic N) is 1. The number of nitrogens with one attached hydrogen (secondary N) is 1. The quantitative estimate of drug-likeness (QED) is 0.423. The lowest BCUT2D eigenvalue weighted by Gasteiger charge is -2.10. The summed E-state index contributed by atoms with van der Waals surface area (Å²) in [6, 6.07) is 12.8. The fourth-order valence-electron chi connectivity index (χ4n) is 2.77. The third-order valence-corrected chi connectivity index (χ3v) is 5.27. The zero-order chi connectivity index (χ0) is 20.8. The van der Waals surface area contributed by atoms with Crippen LogP contribution in [-0.2, 0) is 9.53 Å². The molecular formula is C21H19ClN2O4S. The molecule has 2 aromatic heterocycles. The maximum atomic E-state index is 12.7. The fourth-order valence-corrected chi connectivity index (χ4v) is 4.02. The van der Waals surface area contributed by atoms with Crippen molar-refractivity contribution in [2.75, 3.05) is 18.5 Å². The summed E-state index contributed by atoms with van der Waals surface area (Å²) in [5, 5.41) is 3.35. The minimum absolute atomic E-state index is 0.172. The van der Waals surface area contributed by atoms with E-state index in [1.165, 1.54) is 17.5 Å². The number of ether oxygens (including phenoxy) is 2. The van der Waals surface area contributed by atoms with Gasteiger partial charge in [-0.05, 0) is 31.5 Å². The number of hydrogen-bond acceptors (Lipinski definition) is 6. The van der Waals surface area contributed by atoms with Crippen LogP contribution in [0.2, 0.25) is 5.15 Å². The van der Waals surface area contributed by atoms with Crippen molar-refractivity contribution in [2.24, 2.45) is 0 Å². The highest BCUT2D eigenvalue weighted by molar-refractivity contribution is 7.17. The summed E-state index contributed by atoms with van der Waals surface area (Å²) in [7, 11) is 0. The first-order chi connectivity index (χ1) is 14.0. The Balaban J connectivity index is 1.85. The summed E-state index contributed by atoms with van der Waals surface area (Å²) in [5.74, 6) is -0.596. The first kappa shape index (κ1) is 20.8. The summed E-state index contributed by atoms with van der Waals surface area (Å²) in [6.07, 6.45) is 1.53. The molecular weight excluding hydrogens is 412 g/mol. The monoisotopic (exact) mass is 430 g/mol. The zero-order valence-corrected chi connectivity index (χ0v) is 17.5. The molecule has 150 valence electrons. The topological polar surface area (TPSA) is 77.5 Å². The number of amides is 1. The Morgan fingerprint density at radius 1 is 1.17 bits per heavy atom. The van der Waals surface area contributed by atoms with Gasteiger partial charge in [0.1, 0.15) is 10.6 Å². The standard InChI is InChI=1S/C21H19ClN2O4S/c1-3-27-21(26)18-17(14-8-5-4-6-9-14)13(2)29-20(18)24-16(25)12-28-15-10-7-11-23-19(15)22/h4-11H,3,12H2,1-2H3,(H,24,25). The Kier molecular flexibility index (Phi) is 6.85. The van der Waals surface area contributed by atoms with E-state index >= 15 is 0 Å². The molecule has 29 heavy (non-hydrogen) atoms. The predicted octanol–water partition coefficient (Wildman–Crippen LogP) is 4.97. The van der Waals surface area contributed by atoms with Crippen molar-refractivity contribution in [1.29, 1.82) is 0 Å². The molecule has 0 aliphatic rings. The number of aryl methyl sites for hydroxylation is 1. The Bertz CT molecular complexity index is 1020. The van der Waals surface area contributed by atoms with Crippen LogP contribution in [0.25, 0.3) is 11.1 Å². The zero-order valence-electron chi connectivity index (χ0n) is 15.9. The Morgan fingerprint density at radius 3 is 2.62 bits per heavy atom. The SMILES string of the molecule is CCOC(=O)c1c(NC(=O)COc2cccnc2Cl)sc(C)c1-c1ccccc1. The summed E-state index contributed by atoms with van der Waals surface area (Å²) in [4.78, 5) is 29.9. The van der Waals surface area contributed by atoms with Gasteiger partial charge in [0.05, 0.1) is 6.61 Å². The van der Waals surface area contributed by atoms with E-state index in [1.807, 2.05) is 37.3 Å². The van der Waals surface area contributed by atoms with Crippen molar-refractivity contribution >= 4 is 39.8 Å². The number of pyridine rings is 1. The summed E-state index contributed by atoms with van der Waals surface area (Å²) in [6.45, 7) is 3.60. The van der Waals surface area contributed by atoms with Crippen molar-refractivity contribution in [3.8, 4) is 16.9 Å². The van der Waals surface area contributed by atoms with Gasteiger partial charge in [-0.3, -0.25) is 4.79 Å². The van der Waals surface area contributed by atoms with Crippen LogP contribution < -0.4 is 10.1 Å². The van der Waals surface area contributed by atoms with Gasteiger partial charge in [-0.1, -0.05) is 41.9 Å². The number of carbonyl (C=O) groups is 2. The molecule has 1 aromatic carbocycles. The largest absolute Gasteiger partial charge is 0.481 e. The van der Waals surface area contributed by atoms with Crippen LogP contribution in [0.5, 0.6) is 5.75 Å². The smallest absolute Gasteiger partial charge is 0.341 e. The first-order valence-electron chi connectivity index (χ1n) is 8.90. The molecule has 0 atom stereocenters. The predicted molar refractivity (Wildman–Crippen MR) is 114 cm³/mol. The fraction of sp³-hybridized carbons (Fsp3) is 0.190. The minimum Gasteiger partial charge on any atom is -0.481 e. The second-order valence-corrected chi connectivity index (χ2v) is 7.54. The average Bonchev–Trinajstić information content (AvgIpc) is 3.04. The van der Waals surface area contributed by atoms with Gasteiger partial charge in [-0.25, -0.2) is 9.78 Å². The molecule has 3 aromatic rings. The molecule has 0 fully saturated rings. The second-order valence-electron chi connectivity index (χ2n) is 5.95. The van der Waals surface area contributed by atoms with E-state index in [4.69, 9.17) is 21.1 Å². The molecule has 0 unspecified atom stereocenters. The molecule has 6 nitrogen and oxygen atoms in total. The molecule has 0 bridgehead atoms. The van der Waals surface area contributed by atoms with E-state index in [1.54, 1.807) is 19.1 Å². The van der Waals surface area contributed by atoms with Crippen LogP contribution >= 0.6 is 22.9 Å². The summed E-state index contributed by atoms with van der Waals surface area (Å²) >= 11 is 7.25. The number of benzene rings is 1. The molecule has 2 heterocycles. The van der Waals surface area contributed by atoms with E-state index in [-0.39, 0.29) is 18.4 Å². The van der Waals surface area contributed by atoms with Gasteiger partial charge < -0.3 is 14.8 Å². The molecule has 0 aliphatic carbocycles.